The van der Waals surface area contributed by atoms with Gasteiger partial charge in [-0.1, -0.05) is 0 Å². The lowest BCUT2D eigenvalue weighted by Gasteiger charge is -2.27. The molecule has 0 aliphatic carbocycles. The van der Waals surface area contributed by atoms with Gasteiger partial charge in [-0.15, -0.1) is 0 Å². The second-order valence-corrected chi connectivity index (χ2v) is 3.84. The first-order valence-electron chi connectivity index (χ1n) is 4.58. The Hall–Kier alpha value is -0.570. The van der Waals surface area contributed by atoms with Crippen molar-refractivity contribution in [2.75, 3.05) is 27.2 Å². The Morgan fingerprint density at radius 1 is 1.58 bits per heavy atom. The lowest BCUT2D eigenvalue weighted by molar-refractivity contribution is 0.284. The van der Waals surface area contributed by atoms with Crippen molar-refractivity contribution >= 4 is 5.84 Å². The quantitative estimate of drug-likeness (QED) is 0.494. The van der Waals surface area contributed by atoms with E-state index in [1.54, 1.807) is 0 Å². The summed E-state index contributed by atoms with van der Waals surface area (Å²) >= 11 is 0. The number of hydrogen-bond acceptors (Lipinski definition) is 2. The average Bonchev–Trinajstić information content (AvgIpc) is 2.33. The topological polar surface area (TPSA) is 30.3 Å². The van der Waals surface area contributed by atoms with Crippen molar-refractivity contribution in [2.45, 2.75) is 25.8 Å². The third-order valence-electron chi connectivity index (χ3n) is 2.38. The van der Waals surface area contributed by atoms with Crippen molar-refractivity contribution in [3.05, 3.63) is 0 Å². The molecular formula is C9H19N3. The Bertz CT molecular complexity index is 165. The summed E-state index contributed by atoms with van der Waals surface area (Å²) < 4.78 is 0. The fourth-order valence-corrected chi connectivity index (χ4v) is 1.89. The van der Waals surface area contributed by atoms with E-state index in [2.05, 4.69) is 23.9 Å². The van der Waals surface area contributed by atoms with Crippen LogP contribution in [0.5, 0.6) is 0 Å². The van der Waals surface area contributed by atoms with Gasteiger partial charge in [0.25, 0.3) is 0 Å². The molecule has 1 N–H and O–H groups in total. The standard InChI is InChI=1S/C9H19N3/c1-8(10)12-6-4-5-9(12)7-11(2)3/h9-10H,4-7H2,1-3H3. The van der Waals surface area contributed by atoms with Crippen LogP contribution in [0.3, 0.4) is 0 Å². The van der Waals surface area contributed by atoms with Crippen molar-refractivity contribution in [3.8, 4) is 0 Å². The van der Waals surface area contributed by atoms with Crippen LogP contribution in [-0.4, -0.2) is 48.9 Å². The van der Waals surface area contributed by atoms with Crippen LogP contribution < -0.4 is 0 Å². The van der Waals surface area contributed by atoms with Gasteiger partial charge in [0.1, 0.15) is 0 Å². The van der Waals surface area contributed by atoms with Crippen LogP contribution in [0, 0.1) is 5.41 Å². The van der Waals surface area contributed by atoms with E-state index in [9.17, 15) is 0 Å². The molecule has 1 atom stereocenters. The van der Waals surface area contributed by atoms with Gasteiger partial charge in [-0.2, -0.15) is 0 Å². The van der Waals surface area contributed by atoms with Gasteiger partial charge >= 0.3 is 0 Å². The lowest BCUT2D eigenvalue weighted by Crippen LogP contribution is -2.39. The van der Waals surface area contributed by atoms with Gasteiger partial charge in [0.15, 0.2) is 0 Å². The SMILES string of the molecule is CC(=N)N1CCCC1CN(C)C. The maximum absolute atomic E-state index is 7.57. The van der Waals surface area contributed by atoms with Crippen LogP contribution in [0.2, 0.25) is 0 Å². The first-order chi connectivity index (χ1) is 5.61. The van der Waals surface area contributed by atoms with E-state index in [0.717, 1.165) is 18.9 Å². The summed E-state index contributed by atoms with van der Waals surface area (Å²) in [6, 6.07) is 0.581. The molecule has 0 bridgehead atoms. The van der Waals surface area contributed by atoms with E-state index in [1.807, 2.05) is 6.92 Å². The number of rotatable bonds is 2. The Morgan fingerprint density at radius 3 is 2.75 bits per heavy atom. The molecule has 1 aliphatic heterocycles. The zero-order valence-electron chi connectivity index (χ0n) is 8.30. The van der Waals surface area contributed by atoms with Crippen molar-refractivity contribution in [3.63, 3.8) is 0 Å². The van der Waals surface area contributed by atoms with Crippen LogP contribution in [0.4, 0.5) is 0 Å². The molecule has 1 unspecified atom stereocenters. The molecule has 1 aliphatic rings. The molecule has 1 fully saturated rings. The molecule has 0 aromatic carbocycles. The fourth-order valence-electron chi connectivity index (χ4n) is 1.89. The molecular weight excluding hydrogens is 150 g/mol. The molecule has 1 rings (SSSR count). The Labute approximate surface area is 74.9 Å². The van der Waals surface area contributed by atoms with Crippen LogP contribution in [0.1, 0.15) is 19.8 Å². The molecule has 1 heterocycles. The van der Waals surface area contributed by atoms with Crippen LogP contribution in [0.15, 0.2) is 0 Å². The molecule has 0 spiro atoms. The molecule has 70 valence electrons. The van der Waals surface area contributed by atoms with Gasteiger partial charge in [0.05, 0.1) is 5.84 Å². The second kappa shape index (κ2) is 3.90. The highest BCUT2D eigenvalue weighted by molar-refractivity contribution is 5.76. The molecule has 0 amide bonds. The van der Waals surface area contributed by atoms with Crippen molar-refractivity contribution in [2.24, 2.45) is 0 Å². The van der Waals surface area contributed by atoms with E-state index < -0.39 is 0 Å². The molecule has 1 saturated heterocycles. The summed E-state index contributed by atoms with van der Waals surface area (Å²) in [5.41, 5.74) is 0. The molecule has 3 heteroatoms. The minimum atomic E-state index is 0.581. The normalized spacial score (nSPS) is 23.7. The van der Waals surface area contributed by atoms with E-state index in [-0.39, 0.29) is 0 Å². The molecule has 0 aromatic heterocycles. The predicted octanol–water partition coefficient (Wildman–Crippen LogP) is 1.01. The maximum atomic E-state index is 7.57. The monoisotopic (exact) mass is 169 g/mol. The number of nitrogens with one attached hydrogen (secondary N) is 1. The molecule has 0 radical (unpaired) electrons. The van der Waals surface area contributed by atoms with E-state index in [4.69, 9.17) is 5.41 Å². The van der Waals surface area contributed by atoms with Gasteiger partial charge in [-0.05, 0) is 33.9 Å². The van der Waals surface area contributed by atoms with Crippen LogP contribution in [-0.2, 0) is 0 Å². The third-order valence-corrected chi connectivity index (χ3v) is 2.38. The minimum Gasteiger partial charge on any atom is -0.357 e. The highest BCUT2D eigenvalue weighted by Crippen LogP contribution is 2.17. The highest BCUT2D eigenvalue weighted by atomic mass is 15.2. The Kier molecular flexibility index (Phi) is 3.09. The van der Waals surface area contributed by atoms with Gasteiger partial charge in [0, 0.05) is 19.1 Å². The number of likely N-dealkylation sites (tertiary alicyclic amines) is 1. The smallest absolute Gasteiger partial charge is 0.0928 e. The molecule has 12 heavy (non-hydrogen) atoms. The summed E-state index contributed by atoms with van der Waals surface area (Å²) in [4.78, 5) is 4.41. The summed E-state index contributed by atoms with van der Waals surface area (Å²) in [6.45, 7) is 4.04. The third kappa shape index (κ3) is 2.21. The summed E-state index contributed by atoms with van der Waals surface area (Å²) in [5, 5.41) is 7.57. The van der Waals surface area contributed by atoms with E-state index >= 15 is 0 Å². The van der Waals surface area contributed by atoms with Crippen molar-refractivity contribution in [1.82, 2.24) is 9.80 Å². The van der Waals surface area contributed by atoms with E-state index in [1.165, 1.54) is 12.8 Å². The lowest BCUT2D eigenvalue weighted by atomic mass is 10.2. The number of likely N-dealkylation sites (N-methyl/N-ethyl adjacent to an activating group) is 1. The summed E-state index contributed by atoms with van der Waals surface area (Å²) in [7, 11) is 4.19. The first-order valence-corrected chi connectivity index (χ1v) is 4.58. The molecule has 0 saturated carbocycles. The number of nitrogens with zero attached hydrogens (tertiary/aromatic N) is 2. The maximum Gasteiger partial charge on any atom is 0.0928 e. The summed E-state index contributed by atoms with van der Waals surface area (Å²) in [5.74, 6) is 0.722. The van der Waals surface area contributed by atoms with Gasteiger partial charge in [0.2, 0.25) is 0 Å². The van der Waals surface area contributed by atoms with Crippen LogP contribution >= 0.6 is 0 Å². The van der Waals surface area contributed by atoms with Gasteiger partial charge in [-0.25, -0.2) is 0 Å². The predicted molar refractivity (Wildman–Crippen MR) is 51.7 cm³/mol. The Morgan fingerprint density at radius 2 is 2.25 bits per heavy atom. The van der Waals surface area contributed by atoms with Crippen molar-refractivity contribution < 1.29 is 0 Å². The molecule has 0 aromatic rings. The first kappa shape index (κ1) is 9.52. The zero-order chi connectivity index (χ0) is 9.14. The van der Waals surface area contributed by atoms with Gasteiger partial charge < -0.3 is 9.80 Å². The summed E-state index contributed by atoms with van der Waals surface area (Å²) in [6.07, 6.45) is 2.49. The Balaban J connectivity index is 2.46. The second-order valence-electron chi connectivity index (χ2n) is 3.84. The number of amidine groups is 1. The average molecular weight is 169 g/mol. The largest absolute Gasteiger partial charge is 0.357 e. The van der Waals surface area contributed by atoms with E-state index in [0.29, 0.717) is 6.04 Å². The fraction of sp³-hybridized carbons (Fsp3) is 0.889. The number of hydrogen-bond donors (Lipinski definition) is 1. The minimum absolute atomic E-state index is 0.581. The molecule has 3 nitrogen and oxygen atoms in total. The van der Waals surface area contributed by atoms with Gasteiger partial charge in [-0.3, -0.25) is 5.41 Å². The highest BCUT2D eigenvalue weighted by Gasteiger charge is 2.24. The zero-order valence-corrected chi connectivity index (χ0v) is 8.30. The van der Waals surface area contributed by atoms with Crippen molar-refractivity contribution in [1.29, 1.82) is 5.41 Å². The van der Waals surface area contributed by atoms with Crippen LogP contribution in [0.25, 0.3) is 0 Å².